The van der Waals surface area contributed by atoms with Crippen molar-refractivity contribution in [2.45, 2.75) is 18.4 Å². The van der Waals surface area contributed by atoms with Crippen LogP contribution in [0, 0.1) is 6.92 Å². The maximum Gasteiger partial charge on any atom is 0.414 e. The number of carboxylic acid groups (broad SMARTS) is 2. The monoisotopic (exact) mass is 573 g/mol. The fourth-order valence-corrected chi connectivity index (χ4v) is 6.65. The largest absolute Gasteiger partial charge is 0.473 e. The van der Waals surface area contributed by atoms with Gasteiger partial charge in [0.15, 0.2) is 0 Å². The van der Waals surface area contributed by atoms with Crippen LogP contribution in [0.4, 0.5) is 0 Å². The van der Waals surface area contributed by atoms with E-state index in [-0.39, 0.29) is 14.9 Å². The topological polar surface area (TPSA) is 128 Å². The predicted molar refractivity (Wildman–Crippen MR) is 120 cm³/mol. The van der Waals surface area contributed by atoms with Gasteiger partial charge in [-0.1, -0.05) is 39.1 Å². The minimum atomic E-state index is -3.72. The number of nitrogens with zero attached hydrogens (tertiary/aromatic N) is 3. The third-order valence-corrected chi connectivity index (χ3v) is 8.23. The molecule has 1 aliphatic heterocycles. The molecule has 0 aliphatic carbocycles. The molecule has 1 aliphatic rings. The molecule has 0 atom stereocenters. The number of halogens is 3. The summed E-state index contributed by atoms with van der Waals surface area (Å²) in [5.41, 5.74) is 1.03. The van der Waals surface area contributed by atoms with E-state index >= 15 is 0 Å². The van der Waals surface area contributed by atoms with E-state index in [9.17, 15) is 8.42 Å². The van der Waals surface area contributed by atoms with Gasteiger partial charge >= 0.3 is 11.9 Å². The first-order chi connectivity index (χ1) is 14.4. The molecular weight excluding hydrogens is 557 g/mol. The highest BCUT2D eigenvalue weighted by Gasteiger charge is 2.32. The van der Waals surface area contributed by atoms with E-state index in [4.69, 9.17) is 43.0 Å². The molecule has 3 rings (SSSR count). The van der Waals surface area contributed by atoms with Gasteiger partial charge in [0.1, 0.15) is 4.90 Å². The zero-order valence-electron chi connectivity index (χ0n) is 16.1. The summed E-state index contributed by atoms with van der Waals surface area (Å²) in [6.45, 7) is 4.79. The first kappa shape index (κ1) is 26.0. The summed E-state index contributed by atoms with van der Waals surface area (Å²) in [7, 11) is -3.72. The number of aliphatic carboxylic acids is 2. The van der Waals surface area contributed by atoms with Gasteiger partial charge in [-0.15, -0.1) is 11.3 Å². The Hall–Kier alpha value is -1.28. The van der Waals surface area contributed by atoms with Crippen molar-refractivity contribution in [2.75, 3.05) is 26.2 Å². The first-order valence-electron chi connectivity index (χ1n) is 8.66. The maximum absolute atomic E-state index is 12.9. The van der Waals surface area contributed by atoms with Crippen molar-refractivity contribution in [1.29, 1.82) is 0 Å². The van der Waals surface area contributed by atoms with Gasteiger partial charge in [-0.25, -0.2) is 23.0 Å². The molecule has 0 bridgehead atoms. The molecule has 0 amide bonds. The number of aryl methyl sites for hydroxylation is 1. The molecule has 0 radical (unpaired) electrons. The lowest BCUT2D eigenvalue weighted by atomic mass is 10.3. The number of aromatic nitrogens is 1. The number of carbonyl (C=O) groups is 2. The summed E-state index contributed by atoms with van der Waals surface area (Å²) in [6, 6.07) is 3.09. The molecule has 9 nitrogen and oxygen atoms in total. The van der Waals surface area contributed by atoms with Gasteiger partial charge in [-0.05, 0) is 19.1 Å². The standard InChI is InChI=1S/C15H16BrCl2N3O2S2.C2H2O4/c1-10-19-12(9-24-10)8-20-2-4-21(5-3-20)25(22,23)15-13(17)6-11(16)7-14(15)18;3-1(4)2(5)6/h6-7,9H,2-5,8H2,1H3;(H,3,4)(H,5,6). The predicted octanol–water partition coefficient (Wildman–Crippen LogP) is 3.18. The van der Waals surface area contributed by atoms with Crippen molar-refractivity contribution >= 4 is 72.4 Å². The van der Waals surface area contributed by atoms with Crippen LogP contribution in [-0.2, 0) is 26.2 Å². The fourth-order valence-electron chi connectivity index (χ4n) is 2.74. The zero-order chi connectivity index (χ0) is 23.3. The van der Waals surface area contributed by atoms with Crippen molar-refractivity contribution in [1.82, 2.24) is 14.2 Å². The summed E-state index contributed by atoms with van der Waals surface area (Å²) in [5, 5.41) is 18.1. The fraction of sp³-hybridized carbons (Fsp3) is 0.353. The van der Waals surface area contributed by atoms with Crippen molar-refractivity contribution < 1.29 is 28.2 Å². The quantitative estimate of drug-likeness (QED) is 0.533. The van der Waals surface area contributed by atoms with E-state index in [1.54, 1.807) is 23.5 Å². The van der Waals surface area contributed by atoms with Crippen LogP contribution in [0.15, 0.2) is 26.9 Å². The summed E-state index contributed by atoms with van der Waals surface area (Å²) in [6.07, 6.45) is 0. The molecule has 2 heterocycles. The summed E-state index contributed by atoms with van der Waals surface area (Å²) in [4.78, 5) is 24.8. The van der Waals surface area contributed by atoms with Gasteiger partial charge < -0.3 is 10.2 Å². The summed E-state index contributed by atoms with van der Waals surface area (Å²) < 4.78 is 27.9. The van der Waals surface area contributed by atoms with Crippen LogP contribution in [0.2, 0.25) is 10.0 Å². The highest BCUT2D eigenvalue weighted by molar-refractivity contribution is 9.10. The highest BCUT2D eigenvalue weighted by Crippen LogP contribution is 2.35. The van der Waals surface area contributed by atoms with Gasteiger partial charge in [0, 0.05) is 42.6 Å². The number of hydrogen-bond acceptors (Lipinski definition) is 7. The molecule has 1 fully saturated rings. The van der Waals surface area contributed by atoms with Crippen LogP contribution in [0.3, 0.4) is 0 Å². The van der Waals surface area contributed by atoms with Gasteiger partial charge in [-0.2, -0.15) is 4.31 Å². The molecule has 2 aromatic rings. The first-order valence-corrected chi connectivity index (χ1v) is 12.5. The third kappa shape index (κ3) is 7.11. The van der Waals surface area contributed by atoms with Gasteiger partial charge in [0.2, 0.25) is 10.0 Å². The van der Waals surface area contributed by atoms with E-state index in [0.29, 0.717) is 30.7 Å². The van der Waals surface area contributed by atoms with Crippen molar-refractivity contribution in [3.05, 3.63) is 42.7 Å². The number of piperazine rings is 1. The third-order valence-electron chi connectivity index (χ3n) is 4.13. The lowest BCUT2D eigenvalue weighted by Gasteiger charge is -2.33. The minimum absolute atomic E-state index is 0.0254. The lowest BCUT2D eigenvalue weighted by molar-refractivity contribution is -0.159. The van der Waals surface area contributed by atoms with Crippen LogP contribution in [-0.4, -0.2) is 70.9 Å². The Morgan fingerprint density at radius 3 is 2.06 bits per heavy atom. The average molecular weight is 575 g/mol. The Bertz CT molecular complexity index is 1040. The van der Waals surface area contributed by atoms with Crippen LogP contribution in [0.25, 0.3) is 0 Å². The molecule has 1 aromatic heterocycles. The van der Waals surface area contributed by atoms with Gasteiger partial charge in [0.25, 0.3) is 0 Å². The minimum Gasteiger partial charge on any atom is -0.473 e. The highest BCUT2D eigenvalue weighted by atomic mass is 79.9. The van der Waals surface area contributed by atoms with Crippen LogP contribution < -0.4 is 0 Å². The SMILES string of the molecule is Cc1nc(CN2CCN(S(=O)(=O)c3c(Cl)cc(Br)cc3Cl)CC2)cs1.O=C(O)C(=O)O. The Morgan fingerprint density at radius 1 is 1.13 bits per heavy atom. The van der Waals surface area contributed by atoms with Crippen molar-refractivity contribution in [3.63, 3.8) is 0 Å². The number of thiazole rings is 1. The van der Waals surface area contributed by atoms with E-state index in [0.717, 1.165) is 17.2 Å². The Labute approximate surface area is 201 Å². The molecule has 31 heavy (non-hydrogen) atoms. The Balaban J connectivity index is 0.000000501. The molecular formula is C17H18BrCl2N3O6S2. The molecule has 14 heteroatoms. The summed E-state index contributed by atoms with van der Waals surface area (Å²) >= 11 is 17.2. The Kier molecular flexibility index (Phi) is 9.25. The van der Waals surface area contributed by atoms with Crippen LogP contribution >= 0.6 is 50.5 Å². The molecule has 0 spiro atoms. The molecule has 2 N–H and O–H groups in total. The van der Waals surface area contributed by atoms with Crippen LogP contribution in [0.1, 0.15) is 10.7 Å². The van der Waals surface area contributed by atoms with E-state index in [1.165, 1.54) is 4.31 Å². The van der Waals surface area contributed by atoms with Crippen molar-refractivity contribution in [3.8, 4) is 0 Å². The van der Waals surface area contributed by atoms with E-state index in [2.05, 4.69) is 25.8 Å². The molecule has 0 saturated carbocycles. The second-order valence-electron chi connectivity index (χ2n) is 6.35. The molecule has 1 aromatic carbocycles. The maximum atomic E-state index is 12.9. The number of benzene rings is 1. The molecule has 0 unspecified atom stereocenters. The average Bonchev–Trinajstić information content (AvgIpc) is 3.06. The van der Waals surface area contributed by atoms with E-state index in [1.807, 2.05) is 12.3 Å². The van der Waals surface area contributed by atoms with Gasteiger partial charge in [-0.3, -0.25) is 4.90 Å². The van der Waals surface area contributed by atoms with Crippen molar-refractivity contribution in [2.24, 2.45) is 0 Å². The number of carboxylic acids is 2. The van der Waals surface area contributed by atoms with Gasteiger partial charge in [0.05, 0.1) is 20.7 Å². The van der Waals surface area contributed by atoms with E-state index < -0.39 is 22.0 Å². The normalized spacial score (nSPS) is 15.2. The number of sulfonamides is 1. The Morgan fingerprint density at radius 2 is 1.65 bits per heavy atom. The smallest absolute Gasteiger partial charge is 0.414 e. The molecule has 170 valence electrons. The number of rotatable bonds is 4. The number of hydrogen-bond donors (Lipinski definition) is 2. The second-order valence-corrected chi connectivity index (χ2v) is 11.0. The van der Waals surface area contributed by atoms with Crippen LogP contribution in [0.5, 0.6) is 0 Å². The molecule has 1 saturated heterocycles. The summed E-state index contributed by atoms with van der Waals surface area (Å²) in [5.74, 6) is -3.65. The lowest BCUT2D eigenvalue weighted by Crippen LogP contribution is -2.48. The zero-order valence-corrected chi connectivity index (χ0v) is 20.8. The second kappa shape index (κ2) is 11.0.